The minimum atomic E-state index is -4.59. The van der Waals surface area contributed by atoms with E-state index in [0.717, 1.165) is 31.9 Å². The number of nitriles is 1. The number of likely N-dealkylation sites (N-methyl/N-ethyl adjacent to an activating group) is 1. The molecule has 13 heteroatoms. The predicted octanol–water partition coefficient (Wildman–Crippen LogP) is 3.95. The summed E-state index contributed by atoms with van der Waals surface area (Å²) in [6, 6.07) is 21.5. The van der Waals surface area contributed by atoms with Crippen LogP contribution in [0.2, 0.25) is 0 Å². The van der Waals surface area contributed by atoms with Gasteiger partial charge in [-0.05, 0) is 92.8 Å². The molecule has 3 aromatic carbocycles. The molecule has 1 atom stereocenters. The molecule has 4 aromatic rings. The van der Waals surface area contributed by atoms with E-state index in [4.69, 9.17) is 14.2 Å². The van der Waals surface area contributed by atoms with E-state index in [-0.39, 0.29) is 45.3 Å². The van der Waals surface area contributed by atoms with Gasteiger partial charge in [-0.1, -0.05) is 0 Å². The summed E-state index contributed by atoms with van der Waals surface area (Å²) in [5.74, 6) is -1.61. The lowest BCUT2D eigenvalue weighted by molar-refractivity contribution is -0.132. The van der Waals surface area contributed by atoms with Crippen molar-refractivity contribution >= 4 is 33.3 Å². The number of hydrogen-bond donors (Lipinski definition) is 0. The Morgan fingerprint density at radius 1 is 0.979 bits per heavy atom. The lowest BCUT2D eigenvalue weighted by Gasteiger charge is -2.34. The number of carbonyl (C=O) groups is 2. The fraction of sp³-hybridized carbons (Fsp3) is 0.257. The third kappa shape index (κ3) is 5.59. The van der Waals surface area contributed by atoms with E-state index in [9.17, 15) is 23.3 Å². The molecule has 6 rings (SSSR count). The monoisotopic (exact) mass is 667 g/mol. The lowest BCUT2D eigenvalue weighted by atomic mass is 9.86. The highest BCUT2D eigenvalue weighted by Crippen LogP contribution is 2.51. The van der Waals surface area contributed by atoms with Crippen molar-refractivity contribution in [1.82, 2.24) is 9.88 Å². The van der Waals surface area contributed by atoms with Crippen LogP contribution in [0.5, 0.6) is 11.6 Å². The van der Waals surface area contributed by atoms with Gasteiger partial charge in [0.05, 0.1) is 47.1 Å². The van der Waals surface area contributed by atoms with E-state index < -0.39 is 27.5 Å². The van der Waals surface area contributed by atoms with Crippen molar-refractivity contribution in [3.63, 3.8) is 0 Å². The summed E-state index contributed by atoms with van der Waals surface area (Å²) in [4.78, 5) is 37.5. The van der Waals surface area contributed by atoms with Crippen LogP contribution >= 0.6 is 0 Å². The Kier molecular flexibility index (Phi) is 8.79. The molecule has 1 saturated heterocycles. The summed E-state index contributed by atoms with van der Waals surface area (Å²) in [7, 11) is -1.07. The van der Waals surface area contributed by atoms with Gasteiger partial charge in [0.2, 0.25) is 11.5 Å². The van der Waals surface area contributed by atoms with Gasteiger partial charge >= 0.3 is 5.97 Å². The number of methoxy groups -OCH3 is 1. The van der Waals surface area contributed by atoms with Crippen molar-refractivity contribution in [2.75, 3.05) is 56.1 Å². The molecule has 2 aliphatic rings. The quantitative estimate of drug-likeness (QED) is 0.240. The van der Waals surface area contributed by atoms with Crippen LogP contribution in [0.15, 0.2) is 90.0 Å². The Labute approximate surface area is 278 Å². The Hall–Kier alpha value is -5.45. The SMILES string of the molecule is CCOc1ncccc1C1(OC(=O)c2ccc(N3CCN(C)CC3)cc2)C(=O)N(S(=O)(=O)c2ccc(OC)cc2)c2ccc(C#N)cc21. The Morgan fingerprint density at radius 2 is 1.69 bits per heavy atom. The van der Waals surface area contributed by atoms with Crippen molar-refractivity contribution < 1.29 is 32.2 Å². The van der Waals surface area contributed by atoms with Crippen LogP contribution in [0.4, 0.5) is 11.4 Å². The molecule has 1 amide bonds. The van der Waals surface area contributed by atoms with Crippen molar-refractivity contribution in [2.24, 2.45) is 0 Å². The van der Waals surface area contributed by atoms with Crippen LogP contribution in [-0.2, 0) is 25.2 Å². The maximum Gasteiger partial charge on any atom is 0.339 e. The second-order valence-corrected chi connectivity index (χ2v) is 13.1. The first kappa shape index (κ1) is 32.5. The normalized spacial score (nSPS) is 17.8. The number of amides is 1. The summed E-state index contributed by atoms with van der Waals surface area (Å²) in [6.07, 6.45) is 1.44. The first-order valence-electron chi connectivity index (χ1n) is 15.3. The summed E-state index contributed by atoms with van der Waals surface area (Å²) in [5.41, 5.74) is -1.33. The fourth-order valence-electron chi connectivity index (χ4n) is 5.92. The van der Waals surface area contributed by atoms with Crippen LogP contribution in [0.25, 0.3) is 0 Å². The zero-order valence-corrected chi connectivity index (χ0v) is 27.4. The number of anilines is 2. The van der Waals surface area contributed by atoms with Gasteiger partial charge in [0.25, 0.3) is 15.9 Å². The van der Waals surface area contributed by atoms with Crippen molar-refractivity contribution in [3.8, 4) is 17.7 Å². The number of benzene rings is 3. The number of fused-ring (bicyclic) bond motifs is 1. The van der Waals surface area contributed by atoms with Crippen LogP contribution in [0.3, 0.4) is 0 Å². The molecule has 0 bridgehead atoms. The summed E-state index contributed by atoms with van der Waals surface area (Å²) in [5, 5.41) is 9.85. The summed E-state index contributed by atoms with van der Waals surface area (Å²) >= 11 is 0. The molecule has 0 N–H and O–H groups in total. The van der Waals surface area contributed by atoms with E-state index in [0.29, 0.717) is 10.1 Å². The van der Waals surface area contributed by atoms with Gasteiger partial charge in [-0.25, -0.2) is 18.2 Å². The lowest BCUT2D eigenvalue weighted by Crippen LogP contribution is -2.47. The third-order valence-electron chi connectivity index (χ3n) is 8.46. The van der Waals surface area contributed by atoms with Crippen molar-refractivity contribution in [2.45, 2.75) is 17.4 Å². The second kappa shape index (κ2) is 13.0. The average molecular weight is 668 g/mol. The van der Waals surface area contributed by atoms with E-state index in [1.54, 1.807) is 19.1 Å². The summed E-state index contributed by atoms with van der Waals surface area (Å²) in [6.45, 7) is 5.33. The van der Waals surface area contributed by atoms with Gasteiger partial charge in [-0.15, -0.1) is 0 Å². The molecular formula is C35H33N5O7S. The smallest absolute Gasteiger partial charge is 0.339 e. The minimum Gasteiger partial charge on any atom is -0.497 e. The van der Waals surface area contributed by atoms with Gasteiger partial charge in [-0.2, -0.15) is 9.57 Å². The number of sulfonamides is 1. The highest BCUT2D eigenvalue weighted by Gasteiger charge is 2.61. The molecule has 0 radical (unpaired) electrons. The Bertz CT molecular complexity index is 2000. The summed E-state index contributed by atoms with van der Waals surface area (Å²) < 4.78 is 46.3. The van der Waals surface area contributed by atoms with Crippen LogP contribution in [0, 0.1) is 11.3 Å². The van der Waals surface area contributed by atoms with Crippen molar-refractivity contribution in [3.05, 3.63) is 107 Å². The highest BCUT2D eigenvalue weighted by atomic mass is 32.2. The Balaban J connectivity index is 1.50. The molecule has 1 unspecified atom stereocenters. The van der Waals surface area contributed by atoms with Crippen molar-refractivity contribution in [1.29, 1.82) is 5.26 Å². The molecule has 1 fully saturated rings. The largest absolute Gasteiger partial charge is 0.497 e. The van der Waals surface area contributed by atoms with E-state index in [1.165, 1.54) is 67.9 Å². The fourth-order valence-corrected chi connectivity index (χ4v) is 7.38. The highest BCUT2D eigenvalue weighted by molar-refractivity contribution is 7.93. The molecule has 0 aliphatic carbocycles. The van der Waals surface area contributed by atoms with Crippen LogP contribution in [-0.4, -0.2) is 77.1 Å². The number of piperazine rings is 1. The molecule has 12 nitrogen and oxygen atoms in total. The topological polar surface area (TPSA) is 142 Å². The molecule has 48 heavy (non-hydrogen) atoms. The zero-order chi connectivity index (χ0) is 34.1. The van der Waals surface area contributed by atoms with Gasteiger partial charge in [0.1, 0.15) is 5.75 Å². The van der Waals surface area contributed by atoms with E-state index in [2.05, 4.69) is 21.8 Å². The standard InChI is InChI=1S/C35H33N5O7S/c1-4-46-32-29(6-5-17-37-32)35(47-33(41)25-8-10-26(11-9-25)39-20-18-38(2)19-21-39)30-22-24(23-36)7-16-31(30)40(34(35)42)48(43,44)28-14-12-27(45-3)13-15-28/h5-17,22H,4,18-21H2,1-3H3. The molecule has 1 aromatic heterocycles. The van der Waals surface area contributed by atoms with E-state index >= 15 is 0 Å². The zero-order valence-electron chi connectivity index (χ0n) is 26.6. The molecule has 3 heterocycles. The predicted molar refractivity (Wildman–Crippen MR) is 177 cm³/mol. The molecule has 246 valence electrons. The number of rotatable bonds is 9. The first-order valence-corrected chi connectivity index (χ1v) is 16.7. The number of hydrogen-bond acceptors (Lipinski definition) is 11. The molecular weight excluding hydrogens is 634 g/mol. The third-order valence-corrected chi connectivity index (χ3v) is 10.2. The minimum absolute atomic E-state index is 0.00280. The van der Waals surface area contributed by atoms with Gasteiger partial charge in [-0.3, -0.25) is 4.79 Å². The van der Waals surface area contributed by atoms with Crippen LogP contribution < -0.4 is 18.7 Å². The average Bonchev–Trinajstić information content (AvgIpc) is 3.36. The van der Waals surface area contributed by atoms with Crippen LogP contribution in [0.1, 0.15) is 34.0 Å². The first-order chi connectivity index (χ1) is 23.1. The molecule has 0 saturated carbocycles. The van der Waals surface area contributed by atoms with Gasteiger partial charge in [0, 0.05) is 43.6 Å². The molecule has 2 aliphatic heterocycles. The maximum absolute atomic E-state index is 14.9. The van der Waals surface area contributed by atoms with Gasteiger partial charge < -0.3 is 24.0 Å². The number of nitrogens with zero attached hydrogens (tertiary/aromatic N) is 5. The number of carbonyl (C=O) groups excluding carboxylic acids is 2. The molecule has 0 spiro atoms. The Morgan fingerprint density at radius 3 is 2.33 bits per heavy atom. The second-order valence-electron chi connectivity index (χ2n) is 11.3. The van der Waals surface area contributed by atoms with E-state index in [1.807, 2.05) is 18.2 Å². The maximum atomic E-state index is 14.9. The number of pyridine rings is 1. The number of esters is 1. The van der Waals surface area contributed by atoms with Gasteiger partial charge in [0.15, 0.2) is 0 Å². The number of aromatic nitrogens is 1. The number of ether oxygens (including phenoxy) is 3.